The Morgan fingerprint density at radius 2 is 2.29 bits per heavy atom. The molecule has 1 aromatic heterocycles. The molecule has 1 aliphatic heterocycles. The van der Waals surface area contributed by atoms with Crippen LogP contribution in [0.15, 0.2) is 15.8 Å². The van der Waals surface area contributed by atoms with Gasteiger partial charge in [0.25, 0.3) is 5.56 Å². The van der Waals surface area contributed by atoms with Gasteiger partial charge in [-0.2, -0.15) is 0 Å². The van der Waals surface area contributed by atoms with Crippen LogP contribution in [-0.2, 0) is 4.74 Å². The van der Waals surface area contributed by atoms with Crippen LogP contribution >= 0.6 is 0 Å². The number of H-pyrrole nitrogens is 1. The largest absolute Gasteiger partial charge is 0.394 e. The molecule has 2 N–H and O–H groups in total. The first kappa shape index (κ1) is 12.1. The number of rotatable bonds is 2. The number of aryl methyl sites for hydroxylation is 1. The van der Waals surface area contributed by atoms with Crippen LogP contribution in [0.3, 0.4) is 0 Å². The summed E-state index contributed by atoms with van der Waals surface area (Å²) >= 11 is 0. The van der Waals surface area contributed by atoms with Crippen LogP contribution in [0.4, 0.5) is 0 Å². The summed E-state index contributed by atoms with van der Waals surface area (Å²) in [7, 11) is 0. The molecule has 17 heavy (non-hydrogen) atoms. The molecule has 0 radical (unpaired) electrons. The van der Waals surface area contributed by atoms with Gasteiger partial charge >= 0.3 is 5.69 Å². The fraction of sp³-hybridized carbons (Fsp3) is 0.636. The maximum absolute atomic E-state index is 11.6. The lowest BCUT2D eigenvalue weighted by Crippen LogP contribution is -2.38. The summed E-state index contributed by atoms with van der Waals surface area (Å²) < 4.78 is 6.92. The van der Waals surface area contributed by atoms with Gasteiger partial charge in [0, 0.05) is 11.8 Å². The Morgan fingerprint density at radius 3 is 2.88 bits per heavy atom. The van der Waals surface area contributed by atoms with Gasteiger partial charge in [-0.1, -0.05) is 0 Å². The molecule has 0 spiro atoms. The zero-order valence-electron chi connectivity index (χ0n) is 9.68. The molecule has 2 heterocycles. The highest BCUT2D eigenvalue weighted by Gasteiger charge is 2.23. The molecule has 1 fully saturated rings. The van der Waals surface area contributed by atoms with E-state index in [0.29, 0.717) is 18.6 Å². The summed E-state index contributed by atoms with van der Waals surface area (Å²) in [6.07, 6.45) is 2.91. The second-order valence-corrected chi connectivity index (χ2v) is 4.35. The smallest absolute Gasteiger partial charge is 0.328 e. The molecular weight excluding hydrogens is 224 g/mol. The van der Waals surface area contributed by atoms with Gasteiger partial charge in [0.1, 0.15) is 0 Å². The Labute approximate surface area is 97.9 Å². The van der Waals surface area contributed by atoms with Crippen molar-refractivity contribution in [1.82, 2.24) is 9.55 Å². The van der Waals surface area contributed by atoms with E-state index in [1.807, 2.05) is 0 Å². The number of nitrogens with zero attached hydrogens (tertiary/aromatic N) is 1. The first-order valence-electron chi connectivity index (χ1n) is 5.66. The van der Waals surface area contributed by atoms with E-state index in [-0.39, 0.29) is 24.3 Å². The van der Waals surface area contributed by atoms with Gasteiger partial charge in [-0.3, -0.25) is 14.3 Å². The van der Waals surface area contributed by atoms with E-state index in [0.717, 1.165) is 6.42 Å². The predicted octanol–water partition coefficient (Wildman–Crippen LogP) is -0.443. The van der Waals surface area contributed by atoms with Gasteiger partial charge < -0.3 is 9.84 Å². The van der Waals surface area contributed by atoms with Crippen LogP contribution in [0.25, 0.3) is 0 Å². The van der Waals surface area contributed by atoms with Crippen molar-refractivity contribution in [3.05, 3.63) is 32.6 Å². The molecule has 2 rings (SSSR count). The Kier molecular flexibility index (Phi) is 3.44. The summed E-state index contributed by atoms with van der Waals surface area (Å²) in [4.78, 5) is 25.2. The zero-order valence-corrected chi connectivity index (χ0v) is 9.68. The highest BCUT2D eigenvalue weighted by molar-refractivity contribution is 5.02. The normalized spacial score (nSPS) is 24.8. The van der Waals surface area contributed by atoms with Crippen molar-refractivity contribution in [2.45, 2.75) is 31.9 Å². The lowest BCUT2D eigenvalue weighted by atomic mass is 10.1. The summed E-state index contributed by atoms with van der Waals surface area (Å²) in [5.41, 5.74) is -0.248. The average molecular weight is 240 g/mol. The number of aromatic amines is 1. The van der Waals surface area contributed by atoms with Crippen LogP contribution in [-0.4, -0.2) is 34.0 Å². The Morgan fingerprint density at radius 1 is 1.53 bits per heavy atom. The summed E-state index contributed by atoms with van der Waals surface area (Å²) in [5, 5.41) is 8.94. The topological polar surface area (TPSA) is 84.3 Å². The van der Waals surface area contributed by atoms with Gasteiger partial charge in [-0.25, -0.2) is 4.79 Å². The van der Waals surface area contributed by atoms with Gasteiger partial charge in [0.05, 0.1) is 25.4 Å². The number of hydrogen-bond donors (Lipinski definition) is 2. The fourth-order valence-corrected chi connectivity index (χ4v) is 2.01. The summed E-state index contributed by atoms with van der Waals surface area (Å²) in [6.45, 7) is 2.05. The van der Waals surface area contributed by atoms with E-state index in [1.165, 1.54) is 4.57 Å². The Balaban J connectivity index is 2.22. The lowest BCUT2D eigenvalue weighted by Gasteiger charge is -2.29. The highest BCUT2D eigenvalue weighted by Crippen LogP contribution is 2.21. The monoisotopic (exact) mass is 240 g/mol. The van der Waals surface area contributed by atoms with Crippen molar-refractivity contribution in [3.63, 3.8) is 0 Å². The number of aliphatic hydroxyl groups excluding tert-OH is 1. The molecule has 94 valence electrons. The molecule has 2 atom stereocenters. The molecule has 6 nitrogen and oxygen atoms in total. The van der Waals surface area contributed by atoms with Crippen LogP contribution in [0, 0.1) is 6.92 Å². The van der Waals surface area contributed by atoms with Crippen molar-refractivity contribution in [2.75, 3.05) is 13.2 Å². The number of hydrogen-bond acceptors (Lipinski definition) is 4. The molecule has 2 unspecified atom stereocenters. The Bertz CT molecular complexity index is 497. The summed E-state index contributed by atoms with van der Waals surface area (Å²) in [5.74, 6) is 0. The SMILES string of the molecule is Cc1cn(C2CCC(CO)OC2)c(=O)[nH]c1=O. The number of ether oxygens (including phenoxy) is 1. The van der Waals surface area contributed by atoms with Gasteiger partial charge in [-0.05, 0) is 19.8 Å². The second-order valence-electron chi connectivity index (χ2n) is 4.35. The van der Waals surface area contributed by atoms with Gasteiger partial charge in [0.2, 0.25) is 0 Å². The van der Waals surface area contributed by atoms with Crippen LogP contribution < -0.4 is 11.2 Å². The number of aromatic nitrogens is 2. The fourth-order valence-electron chi connectivity index (χ4n) is 2.01. The molecular formula is C11H16N2O4. The molecule has 0 bridgehead atoms. The van der Waals surface area contributed by atoms with Crippen molar-refractivity contribution in [3.8, 4) is 0 Å². The molecule has 1 saturated heterocycles. The summed E-state index contributed by atoms with van der Waals surface area (Å²) in [6, 6.07) is -0.0687. The van der Waals surface area contributed by atoms with E-state index in [1.54, 1.807) is 13.1 Å². The predicted molar refractivity (Wildman–Crippen MR) is 61.2 cm³/mol. The Hall–Kier alpha value is -1.40. The third-order valence-electron chi connectivity index (χ3n) is 3.09. The van der Waals surface area contributed by atoms with Crippen LogP contribution in [0.5, 0.6) is 0 Å². The first-order valence-corrected chi connectivity index (χ1v) is 5.66. The lowest BCUT2D eigenvalue weighted by molar-refractivity contribution is -0.0398. The van der Waals surface area contributed by atoms with E-state index in [2.05, 4.69) is 4.98 Å². The molecule has 0 saturated carbocycles. The van der Waals surface area contributed by atoms with E-state index >= 15 is 0 Å². The van der Waals surface area contributed by atoms with E-state index in [9.17, 15) is 9.59 Å². The standard InChI is InChI=1S/C11H16N2O4/c1-7-4-13(11(16)12-10(7)15)8-2-3-9(5-14)17-6-8/h4,8-9,14H,2-3,5-6H2,1H3,(H,12,15,16). The minimum absolute atomic E-state index is 0.00622. The van der Waals surface area contributed by atoms with E-state index < -0.39 is 5.69 Å². The molecule has 1 aliphatic rings. The average Bonchev–Trinajstić information content (AvgIpc) is 2.34. The first-order chi connectivity index (χ1) is 8.11. The van der Waals surface area contributed by atoms with Gasteiger partial charge in [0.15, 0.2) is 0 Å². The van der Waals surface area contributed by atoms with Crippen molar-refractivity contribution >= 4 is 0 Å². The third kappa shape index (κ3) is 2.48. The minimum Gasteiger partial charge on any atom is -0.394 e. The quantitative estimate of drug-likeness (QED) is 0.733. The maximum atomic E-state index is 11.6. The minimum atomic E-state index is -0.406. The van der Waals surface area contributed by atoms with Crippen molar-refractivity contribution in [1.29, 1.82) is 0 Å². The van der Waals surface area contributed by atoms with Crippen molar-refractivity contribution < 1.29 is 9.84 Å². The second kappa shape index (κ2) is 4.85. The van der Waals surface area contributed by atoms with E-state index in [4.69, 9.17) is 9.84 Å². The van der Waals surface area contributed by atoms with Crippen molar-refractivity contribution in [2.24, 2.45) is 0 Å². The molecule has 0 aliphatic carbocycles. The molecule has 0 amide bonds. The maximum Gasteiger partial charge on any atom is 0.328 e. The van der Waals surface area contributed by atoms with Crippen LogP contribution in [0.1, 0.15) is 24.4 Å². The van der Waals surface area contributed by atoms with Gasteiger partial charge in [-0.15, -0.1) is 0 Å². The van der Waals surface area contributed by atoms with Crippen LogP contribution in [0.2, 0.25) is 0 Å². The molecule has 6 heteroatoms. The molecule has 1 aromatic rings. The number of aliphatic hydroxyl groups is 1. The highest BCUT2D eigenvalue weighted by atomic mass is 16.5. The zero-order chi connectivity index (χ0) is 12.4. The third-order valence-corrected chi connectivity index (χ3v) is 3.09. The molecule has 0 aromatic carbocycles. The number of nitrogens with one attached hydrogen (secondary N) is 1.